The van der Waals surface area contributed by atoms with E-state index in [-0.39, 0.29) is 0 Å². The number of nitrogens with zero attached hydrogens (tertiary/aromatic N) is 2. The molecule has 2 aromatic carbocycles. The molecule has 1 aromatic heterocycles. The molecule has 0 N–H and O–H groups in total. The fourth-order valence-corrected chi connectivity index (χ4v) is 3.10. The third-order valence-corrected chi connectivity index (χ3v) is 4.77. The lowest BCUT2D eigenvalue weighted by Crippen LogP contribution is -1.96. The average molecular weight is 396 g/mol. The molecule has 0 fully saturated rings. The normalized spacial score (nSPS) is 10.7. The molecule has 0 saturated heterocycles. The Kier molecular flexibility index (Phi) is 4.34. The van der Waals surface area contributed by atoms with Crippen molar-refractivity contribution in [3.05, 3.63) is 68.7 Å². The summed E-state index contributed by atoms with van der Waals surface area (Å²) in [6.45, 7) is 0. The monoisotopic (exact) mass is 394 g/mol. The summed E-state index contributed by atoms with van der Waals surface area (Å²) in [7, 11) is 0. The van der Waals surface area contributed by atoms with Crippen molar-refractivity contribution in [2.75, 3.05) is 0 Å². The first-order chi connectivity index (χ1) is 10.6. The minimum atomic E-state index is 0.373. The maximum Gasteiger partial charge on any atom is 0.155 e. The summed E-state index contributed by atoms with van der Waals surface area (Å²) in [4.78, 5) is 11.5. The number of hydrogen-bond acceptors (Lipinski definition) is 2. The molecular weight excluding hydrogens is 387 g/mol. The molecule has 0 bridgehead atoms. The average Bonchev–Trinajstić information content (AvgIpc) is 2.87. The summed E-state index contributed by atoms with van der Waals surface area (Å²) in [5.41, 5.74) is 2.36. The van der Waals surface area contributed by atoms with Gasteiger partial charge in [-0.15, -0.1) is 0 Å². The number of rotatable bonds is 3. The minimum absolute atomic E-state index is 0.373. The van der Waals surface area contributed by atoms with Gasteiger partial charge in [-0.1, -0.05) is 53.5 Å². The fraction of sp³-hybridized carbons (Fsp3) is 0. The number of halogens is 3. The standard InChI is InChI=1S/C16H9BrCl2N2O/c17-16-12(9-22)15(11-7-4-8-13(18)14(11)19)20-21(16)10-5-2-1-3-6-10/h1-9H. The molecule has 0 saturated carbocycles. The van der Waals surface area contributed by atoms with Gasteiger partial charge in [0.15, 0.2) is 6.29 Å². The molecule has 0 atom stereocenters. The lowest BCUT2D eigenvalue weighted by atomic mass is 10.1. The fourth-order valence-electron chi connectivity index (χ4n) is 2.14. The highest BCUT2D eigenvalue weighted by atomic mass is 79.9. The molecule has 0 aliphatic carbocycles. The molecule has 3 aromatic rings. The molecule has 22 heavy (non-hydrogen) atoms. The summed E-state index contributed by atoms with van der Waals surface area (Å²) >= 11 is 15.7. The van der Waals surface area contributed by atoms with E-state index in [4.69, 9.17) is 23.2 Å². The number of hydrogen-bond donors (Lipinski definition) is 0. The van der Waals surface area contributed by atoms with Gasteiger partial charge in [-0.2, -0.15) is 5.10 Å². The summed E-state index contributed by atoms with van der Waals surface area (Å²) in [6, 6.07) is 14.8. The number of carbonyl (C=O) groups excluding carboxylic acids is 1. The maximum atomic E-state index is 11.5. The van der Waals surface area contributed by atoms with Crippen LogP contribution in [0.2, 0.25) is 10.0 Å². The van der Waals surface area contributed by atoms with E-state index in [9.17, 15) is 4.79 Å². The van der Waals surface area contributed by atoms with Gasteiger partial charge >= 0.3 is 0 Å². The summed E-state index contributed by atoms with van der Waals surface area (Å²) < 4.78 is 2.22. The largest absolute Gasteiger partial charge is 0.298 e. The van der Waals surface area contributed by atoms with E-state index in [0.29, 0.717) is 31.5 Å². The van der Waals surface area contributed by atoms with Crippen molar-refractivity contribution in [2.45, 2.75) is 0 Å². The van der Waals surface area contributed by atoms with E-state index in [2.05, 4.69) is 21.0 Å². The molecule has 6 heteroatoms. The summed E-state index contributed by atoms with van der Waals surface area (Å²) in [5, 5.41) is 5.31. The second kappa shape index (κ2) is 6.24. The van der Waals surface area contributed by atoms with Crippen molar-refractivity contribution in [1.29, 1.82) is 0 Å². The Bertz CT molecular complexity index is 847. The van der Waals surface area contributed by atoms with E-state index >= 15 is 0 Å². The van der Waals surface area contributed by atoms with E-state index in [0.717, 1.165) is 12.0 Å². The quantitative estimate of drug-likeness (QED) is 0.555. The molecule has 0 aliphatic rings. The zero-order valence-corrected chi connectivity index (χ0v) is 14.2. The van der Waals surface area contributed by atoms with Crippen LogP contribution >= 0.6 is 39.1 Å². The molecule has 0 amide bonds. The van der Waals surface area contributed by atoms with Crippen LogP contribution in [0, 0.1) is 0 Å². The number of aromatic nitrogens is 2. The van der Waals surface area contributed by atoms with Gasteiger partial charge in [-0.25, -0.2) is 4.68 Å². The van der Waals surface area contributed by atoms with Crippen LogP contribution in [0.5, 0.6) is 0 Å². The van der Waals surface area contributed by atoms with Gasteiger partial charge in [-0.3, -0.25) is 4.79 Å². The van der Waals surface area contributed by atoms with Gasteiger partial charge in [0.2, 0.25) is 0 Å². The molecule has 0 radical (unpaired) electrons. The van der Waals surface area contributed by atoms with Gasteiger partial charge < -0.3 is 0 Å². The number of carbonyl (C=O) groups is 1. The van der Waals surface area contributed by atoms with Crippen molar-refractivity contribution in [2.24, 2.45) is 0 Å². The van der Waals surface area contributed by atoms with Crippen LogP contribution in [0.25, 0.3) is 16.9 Å². The Morgan fingerprint density at radius 1 is 1.05 bits per heavy atom. The second-order valence-electron chi connectivity index (χ2n) is 4.52. The van der Waals surface area contributed by atoms with Gasteiger partial charge in [0, 0.05) is 5.56 Å². The van der Waals surface area contributed by atoms with Crippen molar-refractivity contribution in [1.82, 2.24) is 9.78 Å². The van der Waals surface area contributed by atoms with E-state index < -0.39 is 0 Å². The zero-order chi connectivity index (χ0) is 15.7. The van der Waals surface area contributed by atoms with E-state index in [1.165, 1.54) is 0 Å². The topological polar surface area (TPSA) is 34.9 Å². The van der Waals surface area contributed by atoms with E-state index in [1.54, 1.807) is 22.9 Å². The van der Waals surface area contributed by atoms with Crippen molar-refractivity contribution in [3.63, 3.8) is 0 Å². The smallest absolute Gasteiger partial charge is 0.155 e. The lowest BCUT2D eigenvalue weighted by molar-refractivity contribution is 0.112. The highest BCUT2D eigenvalue weighted by molar-refractivity contribution is 9.10. The molecule has 0 spiro atoms. The first kappa shape index (κ1) is 15.3. The second-order valence-corrected chi connectivity index (χ2v) is 6.06. The lowest BCUT2D eigenvalue weighted by Gasteiger charge is -2.03. The van der Waals surface area contributed by atoms with Crippen molar-refractivity contribution >= 4 is 45.4 Å². The minimum Gasteiger partial charge on any atom is -0.298 e. The van der Waals surface area contributed by atoms with Crippen LogP contribution in [-0.4, -0.2) is 16.1 Å². The number of benzene rings is 2. The van der Waals surface area contributed by atoms with Crippen molar-refractivity contribution < 1.29 is 4.79 Å². The molecule has 110 valence electrons. The Balaban J connectivity index is 2.25. The molecular formula is C16H9BrCl2N2O. The van der Waals surface area contributed by atoms with Crippen LogP contribution in [0.1, 0.15) is 10.4 Å². The highest BCUT2D eigenvalue weighted by Gasteiger charge is 2.20. The van der Waals surface area contributed by atoms with Gasteiger partial charge in [0.25, 0.3) is 0 Å². The van der Waals surface area contributed by atoms with E-state index in [1.807, 2.05) is 30.3 Å². The summed E-state index contributed by atoms with van der Waals surface area (Å²) in [6.07, 6.45) is 0.753. The highest BCUT2D eigenvalue weighted by Crippen LogP contribution is 2.36. The number of para-hydroxylation sites is 1. The predicted molar refractivity (Wildman–Crippen MR) is 92.1 cm³/mol. The van der Waals surface area contributed by atoms with Gasteiger partial charge in [0.1, 0.15) is 10.3 Å². The first-order valence-electron chi connectivity index (χ1n) is 6.37. The van der Waals surface area contributed by atoms with Crippen molar-refractivity contribution in [3.8, 4) is 16.9 Å². The molecule has 1 heterocycles. The summed E-state index contributed by atoms with van der Waals surface area (Å²) in [5.74, 6) is 0. The Morgan fingerprint density at radius 2 is 1.77 bits per heavy atom. The Labute approximate surface area is 145 Å². The van der Waals surface area contributed by atoms with Gasteiger partial charge in [-0.05, 0) is 34.1 Å². The zero-order valence-electron chi connectivity index (χ0n) is 11.1. The SMILES string of the molecule is O=Cc1c(-c2cccc(Cl)c2Cl)nn(-c2ccccc2)c1Br. The Morgan fingerprint density at radius 3 is 2.45 bits per heavy atom. The predicted octanol–water partition coefficient (Wildman–Crippen LogP) is 5.42. The molecule has 0 unspecified atom stereocenters. The van der Waals surface area contributed by atoms with Gasteiger partial charge in [0.05, 0.1) is 21.3 Å². The molecule has 0 aliphatic heterocycles. The molecule has 3 nitrogen and oxygen atoms in total. The third kappa shape index (κ3) is 2.58. The van der Waals surface area contributed by atoms with Crippen LogP contribution in [-0.2, 0) is 0 Å². The van der Waals surface area contributed by atoms with Crippen LogP contribution in [0.3, 0.4) is 0 Å². The number of aldehydes is 1. The third-order valence-electron chi connectivity index (χ3n) is 3.19. The first-order valence-corrected chi connectivity index (χ1v) is 7.92. The Hall–Kier alpha value is -1.62. The van der Waals surface area contributed by atoms with Crippen LogP contribution in [0.15, 0.2) is 53.1 Å². The maximum absolute atomic E-state index is 11.5. The van der Waals surface area contributed by atoms with Crippen LogP contribution < -0.4 is 0 Å². The van der Waals surface area contributed by atoms with Crippen LogP contribution in [0.4, 0.5) is 0 Å². The molecule has 3 rings (SSSR count).